The van der Waals surface area contributed by atoms with Crippen molar-refractivity contribution in [2.24, 2.45) is 5.92 Å². The summed E-state index contributed by atoms with van der Waals surface area (Å²) in [6, 6.07) is 4.66. The summed E-state index contributed by atoms with van der Waals surface area (Å²) in [6.45, 7) is 2.91. The lowest BCUT2D eigenvalue weighted by Crippen LogP contribution is -2.41. The van der Waals surface area contributed by atoms with Crippen LogP contribution in [0.2, 0.25) is 0 Å². The predicted molar refractivity (Wildman–Crippen MR) is 88.6 cm³/mol. The van der Waals surface area contributed by atoms with E-state index in [1.165, 1.54) is 22.6 Å². The minimum atomic E-state index is -4.41. The van der Waals surface area contributed by atoms with Crippen molar-refractivity contribution >= 4 is 15.8 Å². The number of hydrogen-bond donors (Lipinski definition) is 0. The van der Waals surface area contributed by atoms with Crippen LogP contribution in [-0.2, 0) is 22.7 Å². The van der Waals surface area contributed by atoms with Gasteiger partial charge in [-0.05, 0) is 30.0 Å². The van der Waals surface area contributed by atoms with Crippen molar-refractivity contribution < 1.29 is 21.6 Å². The summed E-state index contributed by atoms with van der Waals surface area (Å²) in [6.07, 6.45) is -0.974. The molecule has 1 aromatic heterocycles. The second kappa shape index (κ2) is 6.05. The van der Waals surface area contributed by atoms with E-state index in [9.17, 15) is 21.6 Å². The Labute approximate surface area is 144 Å². The standard InChI is InChI=1S/C16H18F3N3O2S/c1-3-11-9-21-15(22(10-11)25(2,23)24)14(8-20-21)12-4-6-13(7-5-12)16(17,18)19/h4-8,11H,3,9-10H2,1-2H3. The molecule has 0 N–H and O–H groups in total. The largest absolute Gasteiger partial charge is 0.416 e. The number of rotatable bonds is 3. The van der Waals surface area contributed by atoms with Crippen LogP contribution in [-0.4, -0.2) is 31.0 Å². The zero-order chi connectivity index (χ0) is 18.4. The van der Waals surface area contributed by atoms with Crippen LogP contribution >= 0.6 is 0 Å². The van der Waals surface area contributed by atoms with Gasteiger partial charge in [0.1, 0.15) is 5.82 Å². The monoisotopic (exact) mass is 373 g/mol. The molecule has 1 atom stereocenters. The van der Waals surface area contributed by atoms with Crippen molar-refractivity contribution in [1.29, 1.82) is 0 Å². The van der Waals surface area contributed by atoms with Gasteiger partial charge in [-0.25, -0.2) is 13.1 Å². The van der Waals surface area contributed by atoms with Crippen molar-refractivity contribution in [3.05, 3.63) is 36.0 Å². The average Bonchev–Trinajstić information content (AvgIpc) is 2.96. The van der Waals surface area contributed by atoms with E-state index in [-0.39, 0.29) is 5.92 Å². The third kappa shape index (κ3) is 3.37. The van der Waals surface area contributed by atoms with E-state index < -0.39 is 21.8 Å². The lowest BCUT2D eigenvalue weighted by atomic mass is 10.0. The third-order valence-corrected chi connectivity index (χ3v) is 5.53. The summed E-state index contributed by atoms with van der Waals surface area (Å²) in [4.78, 5) is 0. The zero-order valence-corrected chi connectivity index (χ0v) is 14.6. The Morgan fingerprint density at radius 3 is 2.36 bits per heavy atom. The van der Waals surface area contributed by atoms with Gasteiger partial charge in [0.05, 0.1) is 18.0 Å². The maximum atomic E-state index is 12.7. The van der Waals surface area contributed by atoms with Crippen LogP contribution in [0.1, 0.15) is 18.9 Å². The smallest absolute Gasteiger partial charge is 0.253 e. The van der Waals surface area contributed by atoms with Gasteiger partial charge in [0.2, 0.25) is 10.0 Å². The SMILES string of the molecule is CCC1CN(S(C)(=O)=O)c2c(-c3ccc(C(F)(F)F)cc3)cnn2C1. The Bertz CT molecular complexity index is 873. The van der Waals surface area contributed by atoms with Crippen LogP contribution in [0.3, 0.4) is 0 Å². The molecular formula is C16H18F3N3O2S. The Balaban J connectivity index is 2.07. The molecule has 25 heavy (non-hydrogen) atoms. The Kier molecular flexibility index (Phi) is 4.30. The Morgan fingerprint density at radius 1 is 1.20 bits per heavy atom. The molecule has 0 spiro atoms. The van der Waals surface area contributed by atoms with Gasteiger partial charge in [-0.3, -0.25) is 4.31 Å². The first-order chi connectivity index (χ1) is 11.6. The molecule has 2 aromatic rings. The van der Waals surface area contributed by atoms with Gasteiger partial charge in [-0.15, -0.1) is 0 Å². The second-order valence-corrected chi connectivity index (χ2v) is 8.11. The molecule has 1 aromatic carbocycles. The quantitative estimate of drug-likeness (QED) is 0.829. The van der Waals surface area contributed by atoms with Crippen molar-refractivity contribution in [3.63, 3.8) is 0 Å². The lowest BCUT2D eigenvalue weighted by Gasteiger charge is -2.33. The van der Waals surface area contributed by atoms with Crippen LogP contribution in [0.15, 0.2) is 30.5 Å². The molecule has 3 rings (SSSR count). The number of sulfonamides is 1. The first-order valence-corrected chi connectivity index (χ1v) is 9.67. The summed E-state index contributed by atoms with van der Waals surface area (Å²) in [5.41, 5.74) is 0.259. The number of halogens is 3. The van der Waals surface area contributed by atoms with Crippen molar-refractivity contribution in [3.8, 4) is 11.1 Å². The van der Waals surface area contributed by atoms with Gasteiger partial charge < -0.3 is 0 Å². The molecule has 0 amide bonds. The summed E-state index contributed by atoms with van der Waals surface area (Å²) in [5.74, 6) is 0.550. The number of hydrogen-bond acceptors (Lipinski definition) is 3. The minimum absolute atomic E-state index is 0.141. The lowest BCUT2D eigenvalue weighted by molar-refractivity contribution is -0.137. The zero-order valence-electron chi connectivity index (χ0n) is 13.8. The van der Waals surface area contributed by atoms with Crippen molar-refractivity contribution in [1.82, 2.24) is 9.78 Å². The van der Waals surface area contributed by atoms with E-state index in [0.29, 0.717) is 30.0 Å². The molecule has 5 nitrogen and oxygen atoms in total. The van der Waals surface area contributed by atoms with Crippen molar-refractivity contribution in [2.75, 3.05) is 17.1 Å². The highest BCUT2D eigenvalue weighted by atomic mass is 32.2. The number of nitrogens with zero attached hydrogens (tertiary/aromatic N) is 3. The van der Waals surface area contributed by atoms with Crippen LogP contribution < -0.4 is 4.31 Å². The highest BCUT2D eigenvalue weighted by Crippen LogP contribution is 2.38. The fourth-order valence-corrected chi connectivity index (χ4v) is 3.98. The maximum absolute atomic E-state index is 12.7. The van der Waals surface area contributed by atoms with E-state index in [2.05, 4.69) is 5.10 Å². The number of alkyl halides is 3. The summed E-state index contributed by atoms with van der Waals surface area (Å²) < 4.78 is 65.5. The number of aromatic nitrogens is 2. The minimum Gasteiger partial charge on any atom is -0.253 e. The first-order valence-electron chi connectivity index (χ1n) is 7.82. The molecular weight excluding hydrogens is 355 g/mol. The van der Waals surface area contributed by atoms with Gasteiger partial charge in [0.25, 0.3) is 0 Å². The number of anilines is 1. The predicted octanol–water partition coefficient (Wildman–Crippen LogP) is 3.37. The summed E-state index contributed by atoms with van der Waals surface area (Å²) >= 11 is 0. The number of benzene rings is 1. The fraction of sp³-hybridized carbons (Fsp3) is 0.438. The summed E-state index contributed by atoms with van der Waals surface area (Å²) in [7, 11) is -3.52. The normalized spacial score (nSPS) is 18.3. The Hall–Kier alpha value is -2.03. The molecule has 0 bridgehead atoms. The molecule has 2 heterocycles. The van der Waals surface area contributed by atoms with E-state index in [1.807, 2.05) is 6.92 Å². The highest BCUT2D eigenvalue weighted by Gasteiger charge is 2.33. The molecule has 0 saturated carbocycles. The van der Waals surface area contributed by atoms with E-state index in [1.54, 1.807) is 4.68 Å². The van der Waals surface area contributed by atoms with Gasteiger partial charge >= 0.3 is 6.18 Å². The summed E-state index contributed by atoms with van der Waals surface area (Å²) in [5, 5.41) is 4.25. The topological polar surface area (TPSA) is 55.2 Å². The second-order valence-electron chi connectivity index (χ2n) is 6.21. The number of fused-ring (bicyclic) bond motifs is 1. The molecule has 0 aliphatic carbocycles. The molecule has 0 radical (unpaired) electrons. The first kappa shape index (κ1) is 17.8. The molecule has 9 heteroatoms. The van der Waals surface area contributed by atoms with E-state index in [0.717, 1.165) is 24.8 Å². The van der Waals surface area contributed by atoms with Crippen LogP contribution in [0, 0.1) is 5.92 Å². The van der Waals surface area contributed by atoms with Crippen LogP contribution in [0.5, 0.6) is 0 Å². The molecule has 136 valence electrons. The highest BCUT2D eigenvalue weighted by molar-refractivity contribution is 7.92. The van der Waals surface area contributed by atoms with Gasteiger partial charge in [-0.2, -0.15) is 18.3 Å². The molecule has 0 saturated heterocycles. The average molecular weight is 373 g/mol. The fourth-order valence-electron chi connectivity index (χ4n) is 2.99. The van der Waals surface area contributed by atoms with E-state index >= 15 is 0 Å². The van der Waals surface area contributed by atoms with E-state index in [4.69, 9.17) is 0 Å². The molecule has 1 aliphatic heterocycles. The van der Waals surface area contributed by atoms with Crippen LogP contribution in [0.4, 0.5) is 19.0 Å². The molecule has 1 aliphatic rings. The van der Waals surface area contributed by atoms with Crippen molar-refractivity contribution in [2.45, 2.75) is 26.1 Å². The third-order valence-electron chi connectivity index (χ3n) is 4.40. The van der Waals surface area contributed by atoms with Crippen LogP contribution in [0.25, 0.3) is 11.1 Å². The van der Waals surface area contributed by atoms with Gasteiger partial charge in [-0.1, -0.05) is 19.1 Å². The molecule has 0 fully saturated rings. The Morgan fingerprint density at radius 2 is 1.84 bits per heavy atom. The maximum Gasteiger partial charge on any atom is 0.416 e. The van der Waals surface area contributed by atoms with Gasteiger partial charge in [0, 0.05) is 18.7 Å². The molecule has 1 unspecified atom stereocenters. The van der Waals surface area contributed by atoms with Gasteiger partial charge in [0.15, 0.2) is 0 Å².